The van der Waals surface area contributed by atoms with Crippen molar-refractivity contribution in [2.45, 2.75) is 45.1 Å². The Kier molecular flexibility index (Phi) is 5.76. The third kappa shape index (κ3) is 4.35. The summed E-state index contributed by atoms with van der Waals surface area (Å²) < 4.78 is 0. The van der Waals surface area contributed by atoms with Gasteiger partial charge in [-0.1, -0.05) is 32.5 Å². The molecule has 20 heavy (non-hydrogen) atoms. The number of nitrogen functional groups attached to an aromatic ring is 1. The van der Waals surface area contributed by atoms with E-state index >= 15 is 0 Å². The van der Waals surface area contributed by atoms with Gasteiger partial charge in [-0.25, -0.2) is 15.8 Å². The fourth-order valence-corrected chi connectivity index (χ4v) is 2.33. The van der Waals surface area contributed by atoms with Crippen molar-refractivity contribution >= 4 is 23.5 Å². The summed E-state index contributed by atoms with van der Waals surface area (Å²) in [5.74, 6) is 7.14. The van der Waals surface area contributed by atoms with Crippen molar-refractivity contribution in [3.05, 3.63) is 11.4 Å². The van der Waals surface area contributed by atoms with Crippen LogP contribution in [0, 0.1) is 6.92 Å². The largest absolute Gasteiger partial charge is 0.356 e. The molecule has 4 N–H and O–H groups in total. The summed E-state index contributed by atoms with van der Waals surface area (Å²) in [6, 6.07) is 0. The predicted molar refractivity (Wildman–Crippen MR) is 82.7 cm³/mol. The van der Waals surface area contributed by atoms with Gasteiger partial charge in [0.05, 0.1) is 5.75 Å². The molecule has 0 aliphatic rings. The molecule has 0 aromatic carbocycles. The van der Waals surface area contributed by atoms with Gasteiger partial charge in [-0.3, -0.25) is 4.79 Å². The van der Waals surface area contributed by atoms with Crippen molar-refractivity contribution < 1.29 is 4.79 Å². The Balaban J connectivity index is 3.02. The molecule has 0 radical (unpaired) electrons. The van der Waals surface area contributed by atoms with Crippen molar-refractivity contribution in [3.63, 3.8) is 0 Å². The fraction of sp³-hybridized carbons (Fsp3) is 0.615. The number of aromatic nitrogens is 2. The van der Waals surface area contributed by atoms with E-state index in [1.54, 1.807) is 0 Å². The molecule has 0 saturated carbocycles. The zero-order chi connectivity index (χ0) is 15.3. The number of hydrazine groups is 1. The molecule has 1 aromatic heterocycles. The van der Waals surface area contributed by atoms with Gasteiger partial charge >= 0.3 is 0 Å². The van der Waals surface area contributed by atoms with E-state index in [9.17, 15) is 4.79 Å². The number of nitrogens with zero attached hydrogens (tertiary/aromatic N) is 2. The normalized spacial score (nSPS) is 11.3. The van der Waals surface area contributed by atoms with Gasteiger partial charge in [0.2, 0.25) is 5.91 Å². The molecular formula is C13H23N5OS. The zero-order valence-corrected chi connectivity index (χ0v) is 13.5. The Morgan fingerprint density at radius 2 is 2.00 bits per heavy atom. The lowest BCUT2D eigenvalue weighted by Crippen LogP contribution is -2.25. The molecule has 0 saturated heterocycles. The van der Waals surface area contributed by atoms with Gasteiger partial charge < -0.3 is 10.7 Å². The van der Waals surface area contributed by atoms with E-state index in [0.717, 1.165) is 10.6 Å². The predicted octanol–water partition coefficient (Wildman–Crippen LogP) is 1.60. The Labute approximate surface area is 124 Å². The summed E-state index contributed by atoms with van der Waals surface area (Å²) in [7, 11) is 0. The standard InChI is InChI=1S/C13H23N5OS/c1-6-15-9(19)7-20-11-8(2)10(18-14)16-12(17-11)13(3,4)5/h6-7,14H2,1-5H3,(H,15,19)(H,16,17,18). The van der Waals surface area contributed by atoms with Gasteiger partial charge in [0.15, 0.2) is 0 Å². The quantitative estimate of drug-likeness (QED) is 0.331. The van der Waals surface area contributed by atoms with Crippen LogP contribution >= 0.6 is 11.8 Å². The molecule has 7 heteroatoms. The highest BCUT2D eigenvalue weighted by molar-refractivity contribution is 7.99. The fourth-order valence-electron chi connectivity index (χ4n) is 1.49. The molecule has 1 aromatic rings. The summed E-state index contributed by atoms with van der Waals surface area (Å²) in [6.45, 7) is 10.5. The van der Waals surface area contributed by atoms with Crippen molar-refractivity contribution in [1.82, 2.24) is 15.3 Å². The SMILES string of the molecule is CCNC(=O)CSc1nc(C(C)(C)C)nc(NN)c1C. The number of nitrogens with one attached hydrogen (secondary N) is 2. The second-order valence-electron chi connectivity index (χ2n) is 5.46. The molecular weight excluding hydrogens is 274 g/mol. The summed E-state index contributed by atoms with van der Waals surface area (Å²) >= 11 is 1.40. The van der Waals surface area contributed by atoms with E-state index in [0.29, 0.717) is 23.9 Å². The molecule has 0 spiro atoms. The summed E-state index contributed by atoms with van der Waals surface area (Å²) in [4.78, 5) is 20.5. The monoisotopic (exact) mass is 297 g/mol. The number of rotatable bonds is 5. The van der Waals surface area contributed by atoms with E-state index in [1.165, 1.54) is 11.8 Å². The molecule has 0 aliphatic carbocycles. The van der Waals surface area contributed by atoms with Gasteiger partial charge in [0.25, 0.3) is 0 Å². The first-order valence-electron chi connectivity index (χ1n) is 6.54. The minimum Gasteiger partial charge on any atom is -0.356 e. The molecule has 0 unspecified atom stereocenters. The van der Waals surface area contributed by atoms with Crippen LogP contribution in [-0.2, 0) is 10.2 Å². The van der Waals surface area contributed by atoms with Gasteiger partial charge in [0, 0.05) is 17.5 Å². The van der Waals surface area contributed by atoms with Crippen LogP contribution in [0.3, 0.4) is 0 Å². The van der Waals surface area contributed by atoms with Crippen LogP contribution in [-0.4, -0.2) is 28.2 Å². The minimum absolute atomic E-state index is 0.00456. The van der Waals surface area contributed by atoms with Crippen molar-refractivity contribution in [3.8, 4) is 0 Å². The van der Waals surface area contributed by atoms with Crippen LogP contribution in [0.1, 0.15) is 39.1 Å². The number of hydrogen-bond donors (Lipinski definition) is 3. The van der Waals surface area contributed by atoms with Crippen LogP contribution in [0.5, 0.6) is 0 Å². The number of carbonyl (C=O) groups excluding carboxylic acids is 1. The second kappa shape index (κ2) is 6.90. The van der Waals surface area contributed by atoms with Crippen molar-refractivity contribution in [2.75, 3.05) is 17.7 Å². The van der Waals surface area contributed by atoms with Crippen LogP contribution in [0.4, 0.5) is 5.82 Å². The number of thioether (sulfide) groups is 1. The maximum atomic E-state index is 11.5. The molecule has 112 valence electrons. The molecule has 0 aliphatic heterocycles. The average molecular weight is 297 g/mol. The van der Waals surface area contributed by atoms with Crippen LogP contribution in [0.15, 0.2) is 5.03 Å². The molecule has 0 atom stereocenters. The van der Waals surface area contributed by atoms with Gasteiger partial charge in [-0.05, 0) is 13.8 Å². The molecule has 1 heterocycles. The molecule has 1 amide bonds. The van der Waals surface area contributed by atoms with Crippen LogP contribution < -0.4 is 16.6 Å². The van der Waals surface area contributed by atoms with Gasteiger partial charge in [0.1, 0.15) is 16.7 Å². The van der Waals surface area contributed by atoms with Crippen molar-refractivity contribution in [1.29, 1.82) is 0 Å². The smallest absolute Gasteiger partial charge is 0.230 e. The van der Waals surface area contributed by atoms with Gasteiger partial charge in [-0.2, -0.15) is 0 Å². The third-order valence-electron chi connectivity index (χ3n) is 2.62. The number of nitrogens with two attached hydrogens (primary N) is 1. The zero-order valence-electron chi connectivity index (χ0n) is 12.7. The first-order chi connectivity index (χ1) is 9.29. The average Bonchev–Trinajstić information content (AvgIpc) is 2.36. The Morgan fingerprint density at radius 1 is 1.35 bits per heavy atom. The number of amides is 1. The van der Waals surface area contributed by atoms with E-state index in [2.05, 4.69) is 20.7 Å². The maximum absolute atomic E-state index is 11.5. The Morgan fingerprint density at radius 3 is 2.50 bits per heavy atom. The summed E-state index contributed by atoms with van der Waals surface area (Å²) in [6.07, 6.45) is 0. The number of hydrogen-bond acceptors (Lipinski definition) is 6. The van der Waals surface area contributed by atoms with E-state index in [1.807, 2.05) is 34.6 Å². The third-order valence-corrected chi connectivity index (χ3v) is 3.70. The minimum atomic E-state index is -0.180. The second-order valence-corrected chi connectivity index (χ2v) is 6.43. The van der Waals surface area contributed by atoms with E-state index in [-0.39, 0.29) is 11.3 Å². The van der Waals surface area contributed by atoms with E-state index < -0.39 is 0 Å². The highest BCUT2D eigenvalue weighted by Gasteiger charge is 2.21. The van der Waals surface area contributed by atoms with Gasteiger partial charge in [-0.15, -0.1) is 0 Å². The topological polar surface area (TPSA) is 92.9 Å². The lowest BCUT2D eigenvalue weighted by molar-refractivity contribution is -0.118. The Hall–Kier alpha value is -1.34. The molecule has 1 rings (SSSR count). The summed E-state index contributed by atoms with van der Waals surface area (Å²) in [5, 5.41) is 3.55. The first kappa shape index (κ1) is 16.7. The highest BCUT2D eigenvalue weighted by atomic mass is 32.2. The summed E-state index contributed by atoms with van der Waals surface area (Å²) in [5.41, 5.74) is 3.27. The highest BCUT2D eigenvalue weighted by Crippen LogP contribution is 2.28. The Bertz CT molecular complexity index is 484. The van der Waals surface area contributed by atoms with E-state index in [4.69, 9.17) is 5.84 Å². The maximum Gasteiger partial charge on any atom is 0.230 e. The molecule has 6 nitrogen and oxygen atoms in total. The molecule has 0 bridgehead atoms. The molecule has 0 fully saturated rings. The van der Waals surface area contributed by atoms with Crippen LogP contribution in [0.25, 0.3) is 0 Å². The van der Waals surface area contributed by atoms with Crippen molar-refractivity contribution in [2.24, 2.45) is 5.84 Å². The first-order valence-corrected chi connectivity index (χ1v) is 7.53. The van der Waals surface area contributed by atoms with Crippen LogP contribution in [0.2, 0.25) is 0 Å². The number of carbonyl (C=O) groups is 1. The lowest BCUT2D eigenvalue weighted by Gasteiger charge is -2.19. The number of anilines is 1. The lowest BCUT2D eigenvalue weighted by atomic mass is 9.95.